The van der Waals surface area contributed by atoms with Crippen LogP contribution in [0.25, 0.3) is 11.3 Å². The maximum Gasteiger partial charge on any atom is 0.223 e. The van der Waals surface area contributed by atoms with Gasteiger partial charge in [-0.1, -0.05) is 0 Å². The van der Waals surface area contributed by atoms with Gasteiger partial charge in [0.2, 0.25) is 5.91 Å². The van der Waals surface area contributed by atoms with Gasteiger partial charge in [0.15, 0.2) is 0 Å². The number of nitrogens with zero attached hydrogens (tertiary/aromatic N) is 4. The van der Waals surface area contributed by atoms with Crippen molar-refractivity contribution in [3.8, 4) is 11.3 Å². The summed E-state index contributed by atoms with van der Waals surface area (Å²) in [6.07, 6.45) is 7.49. The number of hydrogen-bond acceptors (Lipinski definition) is 5. The molecule has 6 nitrogen and oxygen atoms in total. The van der Waals surface area contributed by atoms with E-state index < -0.39 is 0 Å². The van der Waals surface area contributed by atoms with E-state index in [9.17, 15) is 9.18 Å². The van der Waals surface area contributed by atoms with Crippen molar-refractivity contribution < 1.29 is 9.18 Å². The molecule has 4 aliphatic heterocycles. The van der Waals surface area contributed by atoms with Crippen molar-refractivity contribution >= 4 is 11.7 Å². The predicted molar refractivity (Wildman–Crippen MR) is 118 cm³/mol. The quantitative estimate of drug-likeness (QED) is 0.819. The zero-order chi connectivity index (χ0) is 21.4. The number of anilines is 1. The fourth-order valence-corrected chi connectivity index (χ4v) is 5.49. The molecule has 1 atom stereocenters. The van der Waals surface area contributed by atoms with E-state index in [1.807, 2.05) is 0 Å². The molecular weight excluding hydrogens is 393 g/mol. The van der Waals surface area contributed by atoms with Crippen molar-refractivity contribution in [2.75, 3.05) is 37.6 Å². The average Bonchev–Trinajstić information content (AvgIpc) is 2.80. The smallest absolute Gasteiger partial charge is 0.223 e. The fraction of sp³-hybridized carbons (Fsp3) is 0.542. The Labute approximate surface area is 182 Å². The number of aromatic nitrogens is 2. The number of carbonyl (C=O) groups excluding carboxylic acids is 1. The first-order valence-electron chi connectivity index (χ1n) is 11.4. The van der Waals surface area contributed by atoms with Gasteiger partial charge in [-0.05, 0) is 75.9 Å². The lowest BCUT2D eigenvalue weighted by Gasteiger charge is -2.52. The molecule has 1 aromatic carbocycles. The van der Waals surface area contributed by atoms with Crippen LogP contribution >= 0.6 is 0 Å². The second-order valence-electron chi connectivity index (χ2n) is 9.49. The number of hydrogen-bond donors (Lipinski definition) is 1. The Kier molecular flexibility index (Phi) is 5.38. The lowest BCUT2D eigenvalue weighted by Crippen LogP contribution is -2.66. The summed E-state index contributed by atoms with van der Waals surface area (Å²) < 4.78 is 13.2. The van der Waals surface area contributed by atoms with Crippen LogP contribution in [0, 0.1) is 17.7 Å². The Bertz CT molecular complexity index is 935. The first-order valence-corrected chi connectivity index (χ1v) is 11.4. The number of benzene rings is 1. The van der Waals surface area contributed by atoms with Gasteiger partial charge in [0, 0.05) is 31.1 Å². The Morgan fingerprint density at radius 1 is 1.06 bits per heavy atom. The van der Waals surface area contributed by atoms with Crippen LogP contribution in [0.4, 0.5) is 10.2 Å². The number of piperidine rings is 4. The van der Waals surface area contributed by atoms with Crippen LogP contribution in [0.2, 0.25) is 0 Å². The van der Waals surface area contributed by atoms with Crippen molar-refractivity contribution in [2.45, 2.75) is 38.1 Å². The highest BCUT2D eigenvalue weighted by molar-refractivity contribution is 5.80. The van der Waals surface area contributed by atoms with Crippen LogP contribution in [-0.2, 0) is 4.79 Å². The minimum absolute atomic E-state index is 0.0526. The topological polar surface area (TPSA) is 61.4 Å². The van der Waals surface area contributed by atoms with E-state index in [2.05, 4.69) is 27.0 Å². The standard InChI is InChI=1S/C24H30FN5O/c1-24(16-29-10-8-19(24)9-11-29)28-23(31)18-6-12-30(13-7-18)22-15-26-14-21(27-22)17-2-4-20(25)5-3-17/h2-5,14-15,18-19H,6-13,16H2,1H3,(H,28,31). The minimum Gasteiger partial charge on any atom is -0.355 e. The van der Waals surface area contributed by atoms with E-state index in [1.54, 1.807) is 24.5 Å². The summed E-state index contributed by atoms with van der Waals surface area (Å²) in [6, 6.07) is 6.30. The molecule has 5 heterocycles. The maximum absolute atomic E-state index is 13.2. The third-order valence-electron chi connectivity index (χ3n) is 7.40. The molecule has 164 valence electrons. The number of halogens is 1. The second kappa shape index (κ2) is 8.19. The van der Waals surface area contributed by atoms with E-state index in [0.29, 0.717) is 5.92 Å². The van der Waals surface area contributed by atoms with Gasteiger partial charge in [-0.25, -0.2) is 9.37 Å². The van der Waals surface area contributed by atoms with Crippen LogP contribution < -0.4 is 10.2 Å². The summed E-state index contributed by atoms with van der Waals surface area (Å²) in [5.74, 6) is 1.41. The molecule has 4 saturated heterocycles. The number of nitrogens with one attached hydrogen (secondary N) is 1. The Balaban J connectivity index is 1.20. The van der Waals surface area contributed by atoms with E-state index in [1.165, 1.54) is 38.1 Å². The van der Waals surface area contributed by atoms with E-state index in [4.69, 9.17) is 4.98 Å². The summed E-state index contributed by atoms with van der Waals surface area (Å²) in [5.41, 5.74) is 1.49. The van der Waals surface area contributed by atoms with Crippen molar-refractivity contribution in [3.63, 3.8) is 0 Å². The summed E-state index contributed by atoms with van der Waals surface area (Å²) >= 11 is 0. The molecule has 6 rings (SSSR count). The van der Waals surface area contributed by atoms with Crippen LogP contribution in [-0.4, -0.2) is 59.0 Å². The molecule has 7 heteroatoms. The molecule has 0 saturated carbocycles. The molecule has 1 N–H and O–H groups in total. The molecule has 2 bridgehead atoms. The number of rotatable bonds is 4. The molecule has 4 fully saturated rings. The zero-order valence-electron chi connectivity index (χ0n) is 18.1. The normalized spacial score (nSPS) is 28.5. The van der Waals surface area contributed by atoms with Crippen molar-refractivity contribution in [1.29, 1.82) is 0 Å². The highest BCUT2D eigenvalue weighted by Crippen LogP contribution is 2.36. The van der Waals surface area contributed by atoms with Gasteiger partial charge < -0.3 is 15.1 Å². The summed E-state index contributed by atoms with van der Waals surface area (Å²) in [7, 11) is 0. The Morgan fingerprint density at radius 2 is 1.77 bits per heavy atom. The molecule has 1 amide bonds. The number of fused-ring (bicyclic) bond motifs is 3. The summed E-state index contributed by atoms with van der Waals surface area (Å²) in [4.78, 5) is 26.8. The monoisotopic (exact) mass is 423 g/mol. The highest BCUT2D eigenvalue weighted by Gasteiger charge is 2.45. The van der Waals surface area contributed by atoms with Gasteiger partial charge in [0.25, 0.3) is 0 Å². The molecule has 0 aliphatic carbocycles. The molecule has 4 aliphatic rings. The first kappa shape index (κ1) is 20.4. The Morgan fingerprint density at radius 3 is 2.42 bits per heavy atom. The molecular formula is C24H30FN5O. The van der Waals surface area contributed by atoms with E-state index >= 15 is 0 Å². The van der Waals surface area contributed by atoms with E-state index in [-0.39, 0.29) is 23.2 Å². The van der Waals surface area contributed by atoms with Crippen LogP contribution in [0.5, 0.6) is 0 Å². The zero-order valence-corrected chi connectivity index (χ0v) is 18.1. The van der Waals surface area contributed by atoms with Gasteiger partial charge in [0.05, 0.1) is 23.6 Å². The minimum atomic E-state index is -0.264. The van der Waals surface area contributed by atoms with Crippen molar-refractivity contribution in [3.05, 3.63) is 42.5 Å². The maximum atomic E-state index is 13.2. The first-order chi connectivity index (χ1) is 15.0. The molecule has 0 radical (unpaired) electrons. The van der Waals surface area contributed by atoms with Gasteiger partial charge in [-0.3, -0.25) is 9.78 Å². The number of amides is 1. The third kappa shape index (κ3) is 4.15. The highest BCUT2D eigenvalue weighted by atomic mass is 19.1. The largest absolute Gasteiger partial charge is 0.355 e. The summed E-state index contributed by atoms with van der Waals surface area (Å²) in [6.45, 7) is 7.12. The molecule has 2 aromatic rings. The van der Waals surface area contributed by atoms with Crippen molar-refractivity contribution in [1.82, 2.24) is 20.2 Å². The average molecular weight is 424 g/mol. The van der Waals surface area contributed by atoms with Gasteiger partial charge in [-0.15, -0.1) is 0 Å². The van der Waals surface area contributed by atoms with Crippen LogP contribution in [0.1, 0.15) is 32.6 Å². The summed E-state index contributed by atoms with van der Waals surface area (Å²) in [5, 5.41) is 3.43. The lowest BCUT2D eigenvalue weighted by atomic mass is 9.73. The van der Waals surface area contributed by atoms with Gasteiger partial charge in [-0.2, -0.15) is 0 Å². The van der Waals surface area contributed by atoms with Gasteiger partial charge >= 0.3 is 0 Å². The lowest BCUT2D eigenvalue weighted by molar-refractivity contribution is -0.130. The predicted octanol–water partition coefficient (Wildman–Crippen LogP) is 3.10. The second-order valence-corrected chi connectivity index (χ2v) is 9.49. The van der Waals surface area contributed by atoms with Crippen molar-refractivity contribution in [2.24, 2.45) is 11.8 Å². The molecule has 1 aromatic heterocycles. The number of carbonyl (C=O) groups is 1. The van der Waals surface area contributed by atoms with E-state index in [0.717, 1.165) is 49.6 Å². The van der Waals surface area contributed by atoms with Crippen LogP contribution in [0.3, 0.4) is 0 Å². The fourth-order valence-electron chi connectivity index (χ4n) is 5.49. The van der Waals surface area contributed by atoms with Crippen LogP contribution in [0.15, 0.2) is 36.7 Å². The molecule has 0 spiro atoms. The van der Waals surface area contributed by atoms with Gasteiger partial charge in [0.1, 0.15) is 11.6 Å². The molecule has 1 unspecified atom stereocenters. The SMILES string of the molecule is CC1(NC(=O)C2CCN(c3cncc(-c4ccc(F)cc4)n3)CC2)CN2CCC1CC2. The third-order valence-corrected chi connectivity index (χ3v) is 7.40. The Hall–Kier alpha value is -2.54. The molecule has 31 heavy (non-hydrogen) atoms.